The van der Waals surface area contributed by atoms with Gasteiger partial charge in [0.2, 0.25) is 6.29 Å². The Balaban J connectivity index is 2.70. The molecule has 0 aromatic heterocycles. The predicted octanol–water partition coefficient (Wildman–Crippen LogP) is 3.81. The van der Waals surface area contributed by atoms with E-state index in [-0.39, 0.29) is 5.97 Å². The van der Waals surface area contributed by atoms with Crippen LogP contribution in [0.25, 0.3) is 0 Å². The molecule has 0 radical (unpaired) electrons. The Morgan fingerprint density at radius 1 is 1.21 bits per heavy atom. The van der Waals surface area contributed by atoms with Crippen molar-refractivity contribution in [2.24, 2.45) is 0 Å². The van der Waals surface area contributed by atoms with E-state index in [1.54, 1.807) is 0 Å². The zero-order valence-corrected chi connectivity index (χ0v) is 16.6. The molecule has 0 fully saturated rings. The number of carbonyl (C=O) groups excluding carboxylic acids is 2. The molecule has 0 saturated carbocycles. The van der Waals surface area contributed by atoms with Gasteiger partial charge in [-0.1, -0.05) is 20.3 Å². The summed E-state index contributed by atoms with van der Waals surface area (Å²) in [5.41, 5.74) is 5.81. The highest BCUT2D eigenvalue weighted by molar-refractivity contribution is 6.48. The third-order valence-electron chi connectivity index (χ3n) is 4.63. The van der Waals surface area contributed by atoms with E-state index < -0.39 is 15.3 Å². The monoisotopic (exact) mass is 348 g/mol. The first-order valence-corrected chi connectivity index (χ1v) is 11.7. The SMILES string of the molecule is CCCCc1c(CC=O)c(CC)c(C)c2c1C(=O)OC2O[SiH](C)C. The van der Waals surface area contributed by atoms with Crippen molar-refractivity contribution in [1.82, 2.24) is 0 Å². The molecule has 0 amide bonds. The number of rotatable bonds is 8. The fourth-order valence-electron chi connectivity index (χ4n) is 3.60. The summed E-state index contributed by atoms with van der Waals surface area (Å²) < 4.78 is 11.5. The average Bonchev–Trinajstić information content (AvgIpc) is 2.83. The van der Waals surface area contributed by atoms with Gasteiger partial charge in [-0.25, -0.2) is 4.79 Å². The first kappa shape index (κ1) is 18.9. The second kappa shape index (κ2) is 8.08. The molecule has 24 heavy (non-hydrogen) atoms. The number of carbonyl (C=O) groups is 2. The largest absolute Gasteiger partial charge is 0.429 e. The number of hydrogen-bond acceptors (Lipinski definition) is 4. The van der Waals surface area contributed by atoms with E-state index >= 15 is 0 Å². The summed E-state index contributed by atoms with van der Waals surface area (Å²) in [6.45, 7) is 10.4. The Hall–Kier alpha value is -1.46. The van der Waals surface area contributed by atoms with Crippen LogP contribution in [0.5, 0.6) is 0 Å². The van der Waals surface area contributed by atoms with E-state index in [1.807, 2.05) is 6.92 Å². The van der Waals surface area contributed by atoms with Gasteiger partial charge in [0.05, 0.1) is 5.56 Å². The molecule has 1 aliphatic heterocycles. The zero-order chi connectivity index (χ0) is 17.9. The molecule has 0 N–H and O–H groups in total. The molecule has 1 heterocycles. The maximum Gasteiger partial charge on any atom is 0.341 e. The fourth-order valence-corrected chi connectivity index (χ4v) is 4.28. The molecule has 0 saturated heterocycles. The van der Waals surface area contributed by atoms with Crippen molar-refractivity contribution in [2.75, 3.05) is 0 Å². The lowest BCUT2D eigenvalue weighted by molar-refractivity contribution is -0.107. The van der Waals surface area contributed by atoms with Crippen molar-refractivity contribution < 1.29 is 18.8 Å². The van der Waals surface area contributed by atoms with Crippen LogP contribution in [-0.4, -0.2) is 21.3 Å². The van der Waals surface area contributed by atoms with Crippen LogP contribution in [-0.2, 0) is 33.2 Å². The van der Waals surface area contributed by atoms with Crippen molar-refractivity contribution in [1.29, 1.82) is 0 Å². The summed E-state index contributed by atoms with van der Waals surface area (Å²) in [5.74, 6) is -0.298. The molecule has 5 heteroatoms. The van der Waals surface area contributed by atoms with Gasteiger partial charge in [0.1, 0.15) is 6.29 Å². The first-order chi connectivity index (χ1) is 11.5. The minimum atomic E-state index is -1.35. The molecule has 132 valence electrons. The number of cyclic esters (lactones) is 1. The number of ether oxygens (including phenoxy) is 1. The number of hydrogen-bond donors (Lipinski definition) is 0. The molecule has 0 aliphatic carbocycles. The lowest BCUT2D eigenvalue weighted by atomic mass is 9.83. The first-order valence-electron chi connectivity index (χ1n) is 8.93. The lowest BCUT2D eigenvalue weighted by Gasteiger charge is -2.21. The van der Waals surface area contributed by atoms with Crippen molar-refractivity contribution in [3.8, 4) is 0 Å². The average molecular weight is 349 g/mol. The van der Waals surface area contributed by atoms with Gasteiger partial charge in [0, 0.05) is 12.0 Å². The van der Waals surface area contributed by atoms with Crippen molar-refractivity contribution in [3.05, 3.63) is 33.4 Å². The van der Waals surface area contributed by atoms with Crippen LogP contribution < -0.4 is 0 Å². The number of fused-ring (bicyclic) bond motifs is 1. The van der Waals surface area contributed by atoms with Gasteiger partial charge in [0.25, 0.3) is 0 Å². The second-order valence-corrected chi connectivity index (χ2v) is 8.97. The zero-order valence-electron chi connectivity index (χ0n) is 15.4. The molecular weight excluding hydrogens is 320 g/mol. The van der Waals surface area contributed by atoms with Gasteiger partial charge in [-0.05, 0) is 61.5 Å². The van der Waals surface area contributed by atoms with Gasteiger partial charge >= 0.3 is 5.97 Å². The highest BCUT2D eigenvalue weighted by Crippen LogP contribution is 2.41. The van der Waals surface area contributed by atoms with E-state index in [4.69, 9.17) is 9.16 Å². The number of benzene rings is 1. The molecule has 1 aliphatic rings. The molecule has 1 aromatic carbocycles. The van der Waals surface area contributed by atoms with Crippen LogP contribution >= 0.6 is 0 Å². The molecule has 0 spiro atoms. The standard InChI is InChI=1S/C19H28O4Si/c1-6-8-9-15-14(10-11-20)13(7-2)12(3)16-17(15)18(21)22-19(16)23-24(4)5/h11,19,24H,6-10H2,1-5H3. The highest BCUT2D eigenvalue weighted by Gasteiger charge is 2.38. The Morgan fingerprint density at radius 2 is 1.92 bits per heavy atom. The normalized spacial score (nSPS) is 16.4. The van der Waals surface area contributed by atoms with Crippen LogP contribution in [0.1, 0.15) is 71.2 Å². The molecule has 4 nitrogen and oxygen atoms in total. The van der Waals surface area contributed by atoms with Crippen LogP contribution in [0, 0.1) is 6.92 Å². The van der Waals surface area contributed by atoms with Gasteiger partial charge in [-0.3, -0.25) is 0 Å². The number of esters is 1. The van der Waals surface area contributed by atoms with E-state index in [1.165, 1.54) is 5.56 Å². The van der Waals surface area contributed by atoms with E-state index in [0.29, 0.717) is 12.0 Å². The Labute approximate surface area is 146 Å². The fraction of sp³-hybridized carbons (Fsp3) is 0.579. The summed E-state index contributed by atoms with van der Waals surface area (Å²) in [7, 11) is -1.35. The minimum absolute atomic E-state index is 0.298. The van der Waals surface area contributed by atoms with E-state index in [9.17, 15) is 9.59 Å². The molecule has 0 bridgehead atoms. The summed E-state index contributed by atoms with van der Waals surface area (Å²) in [4.78, 5) is 23.8. The van der Waals surface area contributed by atoms with Crippen LogP contribution in [0.15, 0.2) is 0 Å². The number of unbranched alkanes of at least 4 members (excludes halogenated alkanes) is 1. The summed E-state index contributed by atoms with van der Waals surface area (Å²) in [6, 6.07) is 0. The minimum Gasteiger partial charge on any atom is -0.429 e. The third-order valence-corrected chi connectivity index (χ3v) is 5.42. The molecule has 1 atom stereocenters. The predicted molar refractivity (Wildman–Crippen MR) is 97.1 cm³/mol. The van der Waals surface area contributed by atoms with Crippen LogP contribution in [0.2, 0.25) is 13.1 Å². The van der Waals surface area contributed by atoms with Crippen molar-refractivity contribution >= 4 is 21.3 Å². The van der Waals surface area contributed by atoms with Gasteiger partial charge in [-0.2, -0.15) is 0 Å². The summed E-state index contributed by atoms with van der Waals surface area (Å²) in [6.07, 6.45) is 4.38. The molecular formula is C19H28O4Si. The van der Waals surface area contributed by atoms with Crippen molar-refractivity contribution in [3.63, 3.8) is 0 Å². The quantitative estimate of drug-likeness (QED) is 0.407. The third kappa shape index (κ3) is 3.47. The van der Waals surface area contributed by atoms with Gasteiger partial charge in [0.15, 0.2) is 9.04 Å². The topological polar surface area (TPSA) is 52.6 Å². The number of aldehydes is 1. The smallest absolute Gasteiger partial charge is 0.341 e. The Morgan fingerprint density at radius 3 is 2.46 bits per heavy atom. The molecule has 1 aromatic rings. The summed E-state index contributed by atoms with van der Waals surface area (Å²) >= 11 is 0. The molecule has 1 unspecified atom stereocenters. The maximum atomic E-state index is 12.6. The van der Waals surface area contributed by atoms with E-state index in [0.717, 1.165) is 54.2 Å². The highest BCUT2D eigenvalue weighted by atomic mass is 28.3. The lowest BCUT2D eigenvalue weighted by Crippen LogP contribution is -2.16. The second-order valence-electron chi connectivity index (χ2n) is 6.60. The van der Waals surface area contributed by atoms with Gasteiger partial charge < -0.3 is 14.0 Å². The Kier molecular flexibility index (Phi) is 6.35. The maximum absolute atomic E-state index is 12.6. The Bertz CT molecular complexity index is 637. The summed E-state index contributed by atoms with van der Waals surface area (Å²) in [5, 5.41) is 0. The van der Waals surface area contributed by atoms with Crippen molar-refractivity contribution in [2.45, 2.75) is 72.3 Å². The van der Waals surface area contributed by atoms with E-state index in [2.05, 4.69) is 26.9 Å². The van der Waals surface area contributed by atoms with Crippen LogP contribution in [0.4, 0.5) is 0 Å². The van der Waals surface area contributed by atoms with Crippen LogP contribution in [0.3, 0.4) is 0 Å². The van der Waals surface area contributed by atoms with Gasteiger partial charge in [-0.15, -0.1) is 0 Å². The molecule has 2 rings (SSSR count).